The number of rotatable bonds is 7. The monoisotopic (exact) mass is 360 g/mol. The Kier molecular flexibility index (Phi) is 7.57. The molecule has 0 saturated carbocycles. The zero-order valence-corrected chi connectivity index (χ0v) is 15.5. The summed E-state index contributed by atoms with van der Waals surface area (Å²) >= 11 is 0. The predicted octanol–water partition coefficient (Wildman–Crippen LogP) is 0.763. The molecule has 25 heavy (non-hydrogen) atoms. The van der Waals surface area contributed by atoms with Gasteiger partial charge in [-0.2, -0.15) is 0 Å². The van der Waals surface area contributed by atoms with Crippen LogP contribution in [0.1, 0.15) is 41.0 Å². The molecule has 3 amide bonds. The number of carboxylic acid groups (broad SMARTS) is 2. The highest BCUT2D eigenvalue weighted by molar-refractivity contribution is 6.08. The van der Waals surface area contributed by atoms with Crippen molar-refractivity contribution in [3.8, 4) is 0 Å². The lowest BCUT2D eigenvalue weighted by Crippen LogP contribution is -2.60. The molecule has 0 rings (SSSR count). The molecule has 0 fully saturated rings. The molecule has 4 N–H and O–H groups in total. The van der Waals surface area contributed by atoms with Gasteiger partial charge in [0.25, 0.3) is 5.60 Å². The summed E-state index contributed by atoms with van der Waals surface area (Å²) in [7, 11) is 1.29. The van der Waals surface area contributed by atoms with Crippen LogP contribution >= 0.6 is 0 Å². The number of amides is 3. The Bertz CT molecular complexity index is 523. The van der Waals surface area contributed by atoms with E-state index < -0.39 is 40.8 Å². The fourth-order valence-electron chi connectivity index (χ4n) is 2.36. The predicted molar refractivity (Wildman–Crippen MR) is 88.8 cm³/mol. The van der Waals surface area contributed by atoms with E-state index in [4.69, 9.17) is 0 Å². The highest BCUT2D eigenvalue weighted by Crippen LogP contribution is 2.29. The van der Waals surface area contributed by atoms with Crippen LogP contribution < -0.4 is 5.32 Å². The molecule has 0 unspecified atom stereocenters. The van der Waals surface area contributed by atoms with Crippen LogP contribution in [0.5, 0.6) is 0 Å². The summed E-state index contributed by atoms with van der Waals surface area (Å²) in [6, 6.07) is -0.799. The molecule has 0 aromatic rings. The third kappa shape index (κ3) is 5.70. The maximum atomic E-state index is 12.9. The van der Waals surface area contributed by atoms with E-state index in [0.29, 0.717) is 0 Å². The molecule has 0 aliphatic rings. The summed E-state index contributed by atoms with van der Waals surface area (Å²) in [5.74, 6) is -7.25. The molecule has 9 heteroatoms. The van der Waals surface area contributed by atoms with Crippen molar-refractivity contribution >= 4 is 23.9 Å². The lowest BCUT2D eigenvalue weighted by atomic mass is 9.80. The molecule has 0 aromatic heterocycles. The van der Waals surface area contributed by atoms with E-state index in [2.05, 4.69) is 5.32 Å². The maximum Gasteiger partial charge on any atom is 0.348 e. The number of carbonyl (C=O) groups is 4. The van der Waals surface area contributed by atoms with Crippen LogP contribution in [0, 0.1) is 17.3 Å². The van der Waals surface area contributed by atoms with Gasteiger partial charge in [-0.1, -0.05) is 34.6 Å². The van der Waals surface area contributed by atoms with Crippen molar-refractivity contribution in [2.45, 2.75) is 46.6 Å². The first kappa shape index (κ1) is 22.8. The van der Waals surface area contributed by atoms with Crippen molar-refractivity contribution in [3.05, 3.63) is 0 Å². The van der Waals surface area contributed by atoms with Crippen molar-refractivity contribution in [3.63, 3.8) is 0 Å². The van der Waals surface area contributed by atoms with Gasteiger partial charge in [0.1, 0.15) is 0 Å². The van der Waals surface area contributed by atoms with E-state index in [1.54, 1.807) is 34.6 Å². The molecule has 0 aromatic carbocycles. The number of urea groups is 1. The van der Waals surface area contributed by atoms with Crippen molar-refractivity contribution in [1.82, 2.24) is 10.2 Å². The summed E-state index contributed by atoms with van der Waals surface area (Å²) in [5.41, 5.74) is -3.85. The van der Waals surface area contributed by atoms with Crippen LogP contribution in [-0.2, 0) is 14.4 Å². The Morgan fingerprint density at radius 1 is 1.04 bits per heavy atom. The van der Waals surface area contributed by atoms with Gasteiger partial charge in [0.05, 0.1) is 5.92 Å². The molecule has 9 nitrogen and oxygen atoms in total. The first-order chi connectivity index (χ1) is 11.2. The fourth-order valence-corrected chi connectivity index (χ4v) is 2.36. The SMILES string of the molecule is CNC(=O)N(CC(C)(C)C)C(=O)[C@H](CC(C)C)C(O)(C(=O)O)C(=O)O. The topological polar surface area (TPSA) is 144 Å². The quantitative estimate of drug-likeness (QED) is 0.491. The number of nitrogens with one attached hydrogen (secondary N) is 1. The van der Waals surface area contributed by atoms with Crippen LogP contribution in [0.3, 0.4) is 0 Å². The zero-order chi connectivity index (χ0) is 20.2. The summed E-state index contributed by atoms with van der Waals surface area (Å²) in [6.07, 6.45) is -0.217. The van der Waals surface area contributed by atoms with Crippen LogP contribution in [0.2, 0.25) is 0 Å². The molecule has 1 atom stereocenters. The van der Waals surface area contributed by atoms with E-state index in [1.165, 1.54) is 7.05 Å². The molecule has 0 heterocycles. The molecular weight excluding hydrogens is 332 g/mol. The van der Waals surface area contributed by atoms with Gasteiger partial charge in [0.2, 0.25) is 5.91 Å². The minimum absolute atomic E-state index is 0.0740. The minimum Gasteiger partial charge on any atom is -0.479 e. The molecule has 0 aliphatic carbocycles. The number of hydrogen-bond donors (Lipinski definition) is 4. The standard InChI is InChI=1S/C16H28N2O7/c1-9(2)7-10(16(25,12(20)21)13(22)23)11(19)18(14(24)17-6)8-15(3,4)5/h9-10,25H,7-8H2,1-6H3,(H,17,24)(H,20,21)(H,22,23)/t10-/m0/s1. The Morgan fingerprint density at radius 3 is 1.76 bits per heavy atom. The van der Waals surface area contributed by atoms with E-state index in [0.717, 1.165) is 4.90 Å². The van der Waals surface area contributed by atoms with Gasteiger partial charge in [-0.25, -0.2) is 14.4 Å². The fraction of sp³-hybridized carbons (Fsp3) is 0.750. The molecule has 0 saturated heterocycles. The molecule has 0 radical (unpaired) electrons. The Morgan fingerprint density at radius 2 is 1.48 bits per heavy atom. The number of nitrogens with zero attached hydrogens (tertiary/aromatic N) is 1. The zero-order valence-electron chi connectivity index (χ0n) is 15.5. The van der Waals surface area contributed by atoms with E-state index in [-0.39, 0.29) is 18.9 Å². The Hall–Kier alpha value is -2.16. The molecule has 0 spiro atoms. The van der Waals surface area contributed by atoms with Crippen molar-refractivity contribution in [2.24, 2.45) is 17.3 Å². The summed E-state index contributed by atoms with van der Waals surface area (Å²) < 4.78 is 0. The van der Waals surface area contributed by atoms with Gasteiger partial charge in [0.15, 0.2) is 0 Å². The second-order valence-corrected chi connectivity index (χ2v) is 7.60. The first-order valence-electron chi connectivity index (χ1n) is 7.90. The first-order valence-corrected chi connectivity index (χ1v) is 7.90. The molecule has 144 valence electrons. The molecule has 0 aliphatic heterocycles. The van der Waals surface area contributed by atoms with E-state index in [1.807, 2.05) is 0 Å². The van der Waals surface area contributed by atoms with Crippen LogP contribution in [0.4, 0.5) is 4.79 Å². The average molecular weight is 360 g/mol. The van der Waals surface area contributed by atoms with Gasteiger partial charge in [0, 0.05) is 13.6 Å². The minimum atomic E-state index is -3.33. The summed E-state index contributed by atoms with van der Waals surface area (Å²) in [4.78, 5) is 48.6. The lowest BCUT2D eigenvalue weighted by molar-refractivity contribution is -0.187. The second kappa shape index (κ2) is 8.28. The molecular formula is C16H28N2O7. The van der Waals surface area contributed by atoms with Gasteiger partial charge < -0.3 is 20.6 Å². The van der Waals surface area contributed by atoms with Gasteiger partial charge in [-0.05, 0) is 17.8 Å². The number of hydrogen-bond acceptors (Lipinski definition) is 5. The highest BCUT2D eigenvalue weighted by Gasteiger charge is 2.56. The van der Waals surface area contributed by atoms with Gasteiger partial charge >= 0.3 is 18.0 Å². The second-order valence-electron chi connectivity index (χ2n) is 7.60. The highest BCUT2D eigenvalue weighted by atomic mass is 16.4. The van der Waals surface area contributed by atoms with Gasteiger partial charge in [-0.15, -0.1) is 0 Å². The maximum absolute atomic E-state index is 12.9. The summed E-state index contributed by atoms with van der Waals surface area (Å²) in [6.45, 7) is 8.50. The average Bonchev–Trinajstić information content (AvgIpc) is 2.46. The number of aliphatic carboxylic acids is 2. The van der Waals surface area contributed by atoms with E-state index >= 15 is 0 Å². The van der Waals surface area contributed by atoms with Crippen molar-refractivity contribution < 1.29 is 34.5 Å². The van der Waals surface area contributed by atoms with Crippen molar-refractivity contribution in [2.75, 3.05) is 13.6 Å². The smallest absolute Gasteiger partial charge is 0.348 e. The van der Waals surface area contributed by atoms with E-state index in [9.17, 15) is 34.5 Å². The number of carbonyl (C=O) groups excluding carboxylic acids is 2. The number of aliphatic hydroxyl groups is 1. The largest absolute Gasteiger partial charge is 0.479 e. The third-order valence-corrected chi connectivity index (χ3v) is 3.52. The number of imide groups is 1. The lowest BCUT2D eigenvalue weighted by Gasteiger charge is -2.35. The van der Waals surface area contributed by atoms with Crippen LogP contribution in [-0.4, -0.2) is 63.3 Å². The van der Waals surface area contributed by atoms with Gasteiger partial charge in [-0.3, -0.25) is 9.69 Å². The van der Waals surface area contributed by atoms with Crippen molar-refractivity contribution in [1.29, 1.82) is 0 Å². The molecule has 0 bridgehead atoms. The third-order valence-electron chi connectivity index (χ3n) is 3.52. The summed E-state index contributed by atoms with van der Waals surface area (Å²) in [5, 5.41) is 31.0. The van der Waals surface area contributed by atoms with Crippen LogP contribution in [0.15, 0.2) is 0 Å². The normalized spacial score (nSPS) is 13.3. The Balaban J connectivity index is 6.15. The Labute approximate surface area is 147 Å². The number of carboxylic acids is 2. The van der Waals surface area contributed by atoms with Crippen LogP contribution in [0.25, 0.3) is 0 Å².